The lowest BCUT2D eigenvalue weighted by Gasteiger charge is -2.25. The van der Waals surface area contributed by atoms with Gasteiger partial charge in [-0.05, 0) is 32.2 Å². The Bertz CT molecular complexity index is 156. The summed E-state index contributed by atoms with van der Waals surface area (Å²) in [4.78, 5) is 0. The summed E-state index contributed by atoms with van der Waals surface area (Å²) in [5.74, 6) is 0. The summed E-state index contributed by atoms with van der Waals surface area (Å²) in [6, 6.07) is 0. The maximum absolute atomic E-state index is 10.1. The lowest BCUT2D eigenvalue weighted by atomic mass is 9.89. The number of unbranched alkanes of at least 4 members (excludes halogenated alkanes) is 2. The highest BCUT2D eigenvalue weighted by Crippen LogP contribution is 2.23. The van der Waals surface area contributed by atoms with E-state index in [4.69, 9.17) is 5.73 Å². The Kier molecular flexibility index (Phi) is 7.44. The van der Waals surface area contributed by atoms with E-state index in [0.29, 0.717) is 12.8 Å². The van der Waals surface area contributed by atoms with Crippen LogP contribution in [0.15, 0.2) is 25.3 Å². The van der Waals surface area contributed by atoms with Crippen molar-refractivity contribution in [3.63, 3.8) is 0 Å². The molecule has 2 heteroatoms. The Morgan fingerprint density at radius 3 is 2.07 bits per heavy atom. The summed E-state index contributed by atoms with van der Waals surface area (Å²) >= 11 is 0. The first kappa shape index (κ1) is 13.4. The predicted octanol–water partition coefficient (Wildman–Crippen LogP) is 2.39. The number of hydrogen-bond acceptors (Lipinski definition) is 2. The molecule has 0 saturated carbocycles. The Morgan fingerprint density at radius 2 is 1.64 bits per heavy atom. The summed E-state index contributed by atoms with van der Waals surface area (Å²) in [6.45, 7) is 8.05. The van der Waals surface area contributed by atoms with Gasteiger partial charge in [0, 0.05) is 0 Å². The number of hydrogen-bond donors (Lipinski definition) is 2. The van der Waals surface area contributed by atoms with Crippen molar-refractivity contribution in [2.24, 2.45) is 5.73 Å². The third-order valence-electron chi connectivity index (χ3n) is 2.39. The molecule has 0 bridgehead atoms. The molecular weight excluding hydrogens is 174 g/mol. The second-order valence-electron chi connectivity index (χ2n) is 3.81. The van der Waals surface area contributed by atoms with Gasteiger partial charge in [-0.1, -0.05) is 25.0 Å². The molecule has 3 N–H and O–H groups in total. The van der Waals surface area contributed by atoms with Crippen LogP contribution in [-0.2, 0) is 0 Å². The van der Waals surface area contributed by atoms with Crippen LogP contribution < -0.4 is 5.73 Å². The van der Waals surface area contributed by atoms with Crippen molar-refractivity contribution in [3.8, 4) is 0 Å². The molecule has 14 heavy (non-hydrogen) atoms. The van der Waals surface area contributed by atoms with Crippen molar-refractivity contribution >= 4 is 0 Å². The van der Waals surface area contributed by atoms with Gasteiger partial charge in [-0.25, -0.2) is 0 Å². The van der Waals surface area contributed by atoms with Crippen LogP contribution in [0.2, 0.25) is 0 Å². The van der Waals surface area contributed by atoms with Crippen molar-refractivity contribution in [2.75, 3.05) is 6.54 Å². The van der Waals surface area contributed by atoms with Gasteiger partial charge < -0.3 is 10.8 Å². The van der Waals surface area contributed by atoms with E-state index in [0.717, 1.165) is 32.2 Å². The molecule has 0 amide bonds. The maximum atomic E-state index is 10.1. The zero-order valence-electron chi connectivity index (χ0n) is 9.04. The summed E-state index contributed by atoms with van der Waals surface area (Å²) in [5.41, 5.74) is 4.77. The van der Waals surface area contributed by atoms with E-state index in [1.165, 1.54) is 0 Å². The molecule has 0 aromatic carbocycles. The van der Waals surface area contributed by atoms with E-state index < -0.39 is 5.60 Å². The molecule has 0 spiro atoms. The van der Waals surface area contributed by atoms with Crippen molar-refractivity contribution in [1.82, 2.24) is 0 Å². The minimum Gasteiger partial charge on any atom is -0.389 e. The molecule has 0 aromatic heterocycles. The van der Waals surface area contributed by atoms with Crippen molar-refractivity contribution in [3.05, 3.63) is 25.3 Å². The first-order valence-corrected chi connectivity index (χ1v) is 5.33. The largest absolute Gasteiger partial charge is 0.389 e. The van der Waals surface area contributed by atoms with E-state index in [2.05, 4.69) is 13.2 Å². The monoisotopic (exact) mass is 197 g/mol. The van der Waals surface area contributed by atoms with Crippen molar-refractivity contribution in [2.45, 2.75) is 44.1 Å². The Hall–Kier alpha value is -0.600. The van der Waals surface area contributed by atoms with Gasteiger partial charge in [0.2, 0.25) is 0 Å². The fourth-order valence-electron chi connectivity index (χ4n) is 1.60. The number of nitrogens with two attached hydrogens (primary N) is 1. The minimum absolute atomic E-state index is 0.627. The Labute approximate surface area is 87.5 Å². The fraction of sp³-hybridized carbons (Fsp3) is 0.667. The quantitative estimate of drug-likeness (QED) is 0.440. The second-order valence-corrected chi connectivity index (χ2v) is 3.81. The van der Waals surface area contributed by atoms with Gasteiger partial charge in [0.1, 0.15) is 0 Å². The molecule has 0 saturated heterocycles. The molecular formula is C12H23NO. The lowest BCUT2D eigenvalue weighted by Crippen LogP contribution is -2.27. The van der Waals surface area contributed by atoms with Crippen LogP contribution in [0.1, 0.15) is 38.5 Å². The molecule has 0 heterocycles. The van der Waals surface area contributed by atoms with Gasteiger partial charge in [-0.3, -0.25) is 0 Å². The third-order valence-corrected chi connectivity index (χ3v) is 2.39. The fourth-order valence-corrected chi connectivity index (χ4v) is 1.60. The number of aliphatic hydroxyl groups is 1. The third kappa shape index (κ3) is 5.95. The Balaban J connectivity index is 3.82. The number of rotatable bonds is 9. The van der Waals surface area contributed by atoms with Gasteiger partial charge in [-0.15, -0.1) is 13.2 Å². The molecule has 0 aliphatic heterocycles. The van der Waals surface area contributed by atoms with Crippen LogP contribution in [0.25, 0.3) is 0 Å². The van der Waals surface area contributed by atoms with Gasteiger partial charge in [0.15, 0.2) is 0 Å². The summed E-state index contributed by atoms with van der Waals surface area (Å²) in [5, 5.41) is 10.1. The highest BCUT2D eigenvalue weighted by atomic mass is 16.3. The van der Waals surface area contributed by atoms with Crippen LogP contribution in [0, 0.1) is 0 Å². The van der Waals surface area contributed by atoms with Crippen LogP contribution in [-0.4, -0.2) is 17.3 Å². The molecule has 2 nitrogen and oxygen atoms in total. The molecule has 0 atom stereocenters. The van der Waals surface area contributed by atoms with E-state index in [1.807, 2.05) is 0 Å². The standard InChI is InChI=1S/C12H23NO/c1-3-8-12(14,9-4-2)10-6-5-7-11-13/h3-4,14H,1-2,5-11,13H2. The molecule has 0 aliphatic carbocycles. The van der Waals surface area contributed by atoms with Crippen LogP contribution in [0.5, 0.6) is 0 Å². The van der Waals surface area contributed by atoms with Gasteiger partial charge >= 0.3 is 0 Å². The smallest absolute Gasteiger partial charge is 0.0716 e. The van der Waals surface area contributed by atoms with Gasteiger partial charge in [-0.2, -0.15) is 0 Å². The normalized spacial score (nSPS) is 11.3. The van der Waals surface area contributed by atoms with Crippen molar-refractivity contribution < 1.29 is 5.11 Å². The molecule has 0 radical (unpaired) electrons. The van der Waals surface area contributed by atoms with Crippen LogP contribution >= 0.6 is 0 Å². The summed E-state index contributed by atoms with van der Waals surface area (Å²) < 4.78 is 0. The van der Waals surface area contributed by atoms with E-state index in [1.54, 1.807) is 12.2 Å². The molecule has 82 valence electrons. The van der Waals surface area contributed by atoms with Crippen molar-refractivity contribution in [1.29, 1.82) is 0 Å². The molecule has 0 fully saturated rings. The predicted molar refractivity (Wildman–Crippen MR) is 62.1 cm³/mol. The average molecular weight is 197 g/mol. The van der Waals surface area contributed by atoms with Gasteiger partial charge in [0.05, 0.1) is 5.60 Å². The van der Waals surface area contributed by atoms with E-state index >= 15 is 0 Å². The first-order chi connectivity index (χ1) is 6.68. The summed E-state index contributed by atoms with van der Waals surface area (Å²) in [6.07, 6.45) is 8.79. The zero-order valence-corrected chi connectivity index (χ0v) is 9.04. The van der Waals surface area contributed by atoms with Crippen LogP contribution in [0.3, 0.4) is 0 Å². The van der Waals surface area contributed by atoms with E-state index in [9.17, 15) is 5.11 Å². The van der Waals surface area contributed by atoms with Gasteiger partial charge in [0.25, 0.3) is 0 Å². The first-order valence-electron chi connectivity index (χ1n) is 5.33. The summed E-state index contributed by atoms with van der Waals surface area (Å²) in [7, 11) is 0. The van der Waals surface area contributed by atoms with E-state index in [-0.39, 0.29) is 0 Å². The second kappa shape index (κ2) is 7.77. The molecule has 0 rings (SSSR count). The lowest BCUT2D eigenvalue weighted by molar-refractivity contribution is 0.0348. The topological polar surface area (TPSA) is 46.2 Å². The minimum atomic E-state index is -0.627. The zero-order chi connectivity index (χ0) is 10.9. The Morgan fingerprint density at radius 1 is 1.07 bits per heavy atom. The maximum Gasteiger partial charge on any atom is 0.0716 e. The molecule has 0 aliphatic rings. The molecule has 0 unspecified atom stereocenters. The highest BCUT2D eigenvalue weighted by molar-refractivity contribution is 4.91. The average Bonchev–Trinajstić information content (AvgIpc) is 2.13. The highest BCUT2D eigenvalue weighted by Gasteiger charge is 2.22. The SMILES string of the molecule is C=CCC(O)(CC=C)CCCCCN. The van der Waals surface area contributed by atoms with Crippen LogP contribution in [0.4, 0.5) is 0 Å². The molecule has 0 aromatic rings.